The van der Waals surface area contributed by atoms with Gasteiger partial charge in [0.05, 0.1) is 34.7 Å². The molecule has 9 nitrogen and oxygen atoms in total. The first-order valence-electron chi connectivity index (χ1n) is 14.0. The number of benzene rings is 3. The number of carbonyl (C=O) groups excluding carboxylic acids is 1. The van der Waals surface area contributed by atoms with Crippen molar-refractivity contribution in [3.05, 3.63) is 101 Å². The molecule has 222 valence electrons. The van der Waals surface area contributed by atoms with Gasteiger partial charge in [0.1, 0.15) is 17.6 Å². The second-order valence-corrected chi connectivity index (χ2v) is 11.4. The van der Waals surface area contributed by atoms with Gasteiger partial charge in [-0.25, -0.2) is 23.8 Å². The predicted molar refractivity (Wildman–Crippen MR) is 162 cm³/mol. The largest absolute Gasteiger partial charge is 0.366 e. The maximum atomic E-state index is 14.3. The van der Waals surface area contributed by atoms with Gasteiger partial charge in [-0.15, -0.1) is 11.3 Å². The molecule has 1 aliphatic rings. The summed E-state index contributed by atoms with van der Waals surface area (Å²) in [5.41, 5.74) is 11.9. The molecule has 2 N–H and O–H groups in total. The van der Waals surface area contributed by atoms with Crippen LogP contribution in [0.3, 0.4) is 0 Å². The number of fused-ring (bicyclic) bond motifs is 1. The Morgan fingerprint density at radius 2 is 1.80 bits per heavy atom. The van der Waals surface area contributed by atoms with Gasteiger partial charge >= 0.3 is 0 Å². The van der Waals surface area contributed by atoms with Gasteiger partial charge in [-0.1, -0.05) is 23.4 Å². The number of anilines is 1. The summed E-state index contributed by atoms with van der Waals surface area (Å²) in [4.78, 5) is 27.7. The molecule has 3 aromatic carbocycles. The molecule has 1 amide bonds. The molecular formula is C32H26F2N6O3S. The average Bonchev–Trinajstić information content (AvgIpc) is 3.75. The van der Waals surface area contributed by atoms with E-state index in [4.69, 9.17) is 25.1 Å². The van der Waals surface area contributed by atoms with Gasteiger partial charge in [-0.05, 0) is 68.7 Å². The van der Waals surface area contributed by atoms with E-state index in [-0.39, 0.29) is 0 Å². The predicted octanol–water partition coefficient (Wildman–Crippen LogP) is 7.07. The number of aryl methyl sites for hydroxylation is 2. The number of nitrogens with zero attached hydrogens (tertiary/aromatic N) is 5. The van der Waals surface area contributed by atoms with Crippen molar-refractivity contribution < 1.29 is 22.9 Å². The van der Waals surface area contributed by atoms with Crippen molar-refractivity contribution in [2.24, 2.45) is 5.73 Å². The normalized spacial score (nSPS) is 15.3. The zero-order valence-electron chi connectivity index (χ0n) is 23.8. The van der Waals surface area contributed by atoms with E-state index in [2.05, 4.69) is 5.16 Å². The summed E-state index contributed by atoms with van der Waals surface area (Å²) in [7, 11) is 0. The van der Waals surface area contributed by atoms with Crippen LogP contribution in [0.25, 0.3) is 38.5 Å². The summed E-state index contributed by atoms with van der Waals surface area (Å²) in [5, 5.41) is 8.31. The van der Waals surface area contributed by atoms with E-state index in [1.165, 1.54) is 17.4 Å². The van der Waals surface area contributed by atoms with Crippen LogP contribution >= 0.6 is 11.3 Å². The van der Waals surface area contributed by atoms with Gasteiger partial charge in [0, 0.05) is 28.1 Å². The van der Waals surface area contributed by atoms with Crippen molar-refractivity contribution >= 4 is 34.0 Å². The monoisotopic (exact) mass is 612 g/mol. The molecule has 7 rings (SSSR count). The molecule has 0 saturated carbocycles. The first-order chi connectivity index (χ1) is 21.3. The number of nitrogens with two attached hydrogens (primary N) is 1. The minimum absolute atomic E-state index is 0.387. The lowest BCUT2D eigenvalue weighted by Gasteiger charge is -2.35. The van der Waals surface area contributed by atoms with Crippen molar-refractivity contribution in [1.29, 1.82) is 0 Å². The van der Waals surface area contributed by atoms with Crippen LogP contribution in [0, 0.1) is 25.5 Å². The first-order valence-corrected chi connectivity index (χ1v) is 14.9. The molecular weight excluding hydrogens is 586 g/mol. The molecule has 1 fully saturated rings. The number of amides is 1. The molecule has 44 heavy (non-hydrogen) atoms. The number of primary amides is 1. The third-order valence-electron chi connectivity index (χ3n) is 7.74. The number of hydroxylamine groups is 1. The van der Waals surface area contributed by atoms with Gasteiger partial charge in [-0.3, -0.25) is 14.2 Å². The molecule has 1 aliphatic heterocycles. The number of thiazole rings is 1. The Balaban J connectivity index is 1.38. The summed E-state index contributed by atoms with van der Waals surface area (Å²) < 4.78 is 35.6. The maximum absolute atomic E-state index is 14.3. The summed E-state index contributed by atoms with van der Waals surface area (Å²) in [5.74, 6) is -1.04. The molecule has 6 aromatic rings. The molecule has 0 aliphatic carbocycles. The second kappa shape index (κ2) is 11.0. The lowest BCUT2D eigenvalue weighted by Crippen LogP contribution is -2.35. The fourth-order valence-electron chi connectivity index (χ4n) is 5.64. The lowest BCUT2D eigenvalue weighted by atomic mass is 10.0. The smallest absolute Gasteiger partial charge is 0.248 e. The molecule has 4 heterocycles. The van der Waals surface area contributed by atoms with E-state index < -0.39 is 23.6 Å². The van der Waals surface area contributed by atoms with Crippen LogP contribution in [0.5, 0.6) is 0 Å². The van der Waals surface area contributed by atoms with Crippen molar-refractivity contribution in [3.8, 4) is 27.5 Å². The Morgan fingerprint density at radius 1 is 1.00 bits per heavy atom. The minimum atomic E-state index is -0.958. The highest BCUT2D eigenvalue weighted by atomic mass is 32.1. The van der Waals surface area contributed by atoms with E-state index in [1.807, 2.05) is 54.1 Å². The van der Waals surface area contributed by atoms with Gasteiger partial charge in [0.25, 0.3) is 0 Å². The standard InChI is InChI=1S/C32H26F2N6O3S/c1-17-29(18(2)43-38-17)21-9-12-27-25(14-21)36-31(28-4-3-13-42-40(28)22-10-11-23(33)24(34)15-22)39(27)32-37-26(16-44-32)19-5-7-20(8-6-19)30(35)41/h5-12,14-16,28H,3-4,13H2,1-2H3,(H2,35,41). The number of halogens is 2. The SMILES string of the molecule is Cc1noc(C)c1-c1ccc2c(c1)nc(C1CCCON1c1ccc(F)c(F)c1)n2-c1nc(-c2ccc(C(N)=O)cc2)cs1. The number of aromatic nitrogens is 4. The Labute approximate surface area is 254 Å². The van der Waals surface area contributed by atoms with E-state index in [1.54, 1.807) is 17.2 Å². The van der Waals surface area contributed by atoms with E-state index in [9.17, 15) is 13.6 Å². The molecule has 12 heteroatoms. The number of hydrogen-bond acceptors (Lipinski definition) is 8. The lowest BCUT2D eigenvalue weighted by molar-refractivity contribution is 0.0454. The highest BCUT2D eigenvalue weighted by molar-refractivity contribution is 7.12. The molecule has 1 atom stereocenters. The van der Waals surface area contributed by atoms with Crippen LogP contribution in [-0.2, 0) is 4.84 Å². The van der Waals surface area contributed by atoms with Gasteiger partial charge < -0.3 is 10.3 Å². The van der Waals surface area contributed by atoms with Gasteiger partial charge in [0.15, 0.2) is 16.8 Å². The van der Waals surface area contributed by atoms with Crippen LogP contribution in [0.15, 0.2) is 70.6 Å². The summed E-state index contributed by atoms with van der Waals surface area (Å²) in [6.45, 7) is 4.19. The molecule has 3 aromatic heterocycles. The van der Waals surface area contributed by atoms with Crippen molar-refractivity contribution in [2.75, 3.05) is 11.7 Å². The van der Waals surface area contributed by atoms with Crippen LogP contribution < -0.4 is 10.8 Å². The highest BCUT2D eigenvalue weighted by Crippen LogP contribution is 2.39. The Kier molecular flexibility index (Phi) is 6.94. The van der Waals surface area contributed by atoms with Crippen molar-refractivity contribution in [2.45, 2.75) is 32.7 Å². The maximum Gasteiger partial charge on any atom is 0.248 e. The number of hydrogen-bond donors (Lipinski definition) is 1. The topological polar surface area (TPSA) is 112 Å². The van der Waals surface area contributed by atoms with E-state index >= 15 is 0 Å². The van der Waals surface area contributed by atoms with E-state index in [0.29, 0.717) is 41.0 Å². The van der Waals surface area contributed by atoms with Gasteiger partial charge in [0.2, 0.25) is 5.91 Å². The molecule has 0 bridgehead atoms. The van der Waals surface area contributed by atoms with Crippen LogP contribution in [0.2, 0.25) is 0 Å². The number of carbonyl (C=O) groups is 1. The summed E-state index contributed by atoms with van der Waals surface area (Å²) >= 11 is 1.44. The number of imidazole rings is 1. The van der Waals surface area contributed by atoms with Gasteiger partial charge in [-0.2, -0.15) is 0 Å². The van der Waals surface area contributed by atoms with Crippen LogP contribution in [-0.4, -0.2) is 32.2 Å². The second-order valence-electron chi connectivity index (χ2n) is 10.6. The zero-order chi connectivity index (χ0) is 30.5. The average molecular weight is 613 g/mol. The fraction of sp³-hybridized carbons (Fsp3) is 0.188. The van der Waals surface area contributed by atoms with Crippen LogP contribution in [0.4, 0.5) is 14.5 Å². The third kappa shape index (κ3) is 4.81. The first kappa shape index (κ1) is 27.9. The molecule has 0 spiro atoms. The Bertz CT molecular complexity index is 2010. The van der Waals surface area contributed by atoms with Crippen LogP contribution in [0.1, 0.15) is 46.5 Å². The highest BCUT2D eigenvalue weighted by Gasteiger charge is 2.32. The fourth-order valence-corrected chi connectivity index (χ4v) is 6.49. The minimum Gasteiger partial charge on any atom is -0.366 e. The Hall–Kier alpha value is -4.94. The number of rotatable bonds is 6. The summed E-state index contributed by atoms with van der Waals surface area (Å²) in [6.07, 6.45) is 1.40. The Morgan fingerprint density at radius 3 is 2.52 bits per heavy atom. The molecule has 1 unspecified atom stereocenters. The van der Waals surface area contributed by atoms with Crippen molar-refractivity contribution in [1.82, 2.24) is 19.7 Å². The molecule has 0 radical (unpaired) electrons. The quantitative estimate of drug-likeness (QED) is 0.214. The summed E-state index contributed by atoms with van der Waals surface area (Å²) in [6, 6.07) is 16.2. The molecule has 1 saturated heterocycles. The zero-order valence-corrected chi connectivity index (χ0v) is 24.6. The van der Waals surface area contributed by atoms with E-state index in [0.717, 1.165) is 57.7 Å². The third-order valence-corrected chi connectivity index (χ3v) is 8.57. The van der Waals surface area contributed by atoms with Crippen molar-refractivity contribution in [3.63, 3.8) is 0 Å².